The predicted octanol–water partition coefficient (Wildman–Crippen LogP) is 2.87. The molecule has 3 rings (SSSR count). The van der Waals surface area contributed by atoms with Crippen molar-refractivity contribution in [1.29, 1.82) is 0 Å². The molecule has 0 aliphatic carbocycles. The van der Waals surface area contributed by atoms with Gasteiger partial charge in [-0.3, -0.25) is 9.48 Å². The van der Waals surface area contributed by atoms with Crippen LogP contribution in [0.15, 0.2) is 24.4 Å². The van der Waals surface area contributed by atoms with Crippen molar-refractivity contribution in [1.82, 2.24) is 20.0 Å². The van der Waals surface area contributed by atoms with Gasteiger partial charge in [-0.1, -0.05) is 0 Å². The number of piperidine rings is 1. The molecule has 1 atom stereocenters. The van der Waals surface area contributed by atoms with Crippen molar-refractivity contribution in [3.8, 4) is 0 Å². The fraction of sp³-hybridized carbons (Fsp3) is 0.500. The lowest BCUT2D eigenvalue weighted by Gasteiger charge is -2.23. The summed E-state index contributed by atoms with van der Waals surface area (Å²) in [6.45, 7) is 4.72. The Morgan fingerprint density at radius 3 is 2.96 bits per heavy atom. The minimum atomic E-state index is -0.0198. The summed E-state index contributed by atoms with van der Waals surface area (Å²) >= 11 is 1.73. The maximum absolute atomic E-state index is 12.5. The Morgan fingerprint density at radius 2 is 2.30 bits per heavy atom. The van der Waals surface area contributed by atoms with Crippen molar-refractivity contribution in [2.75, 3.05) is 20.1 Å². The molecule has 0 aromatic carbocycles. The third-order valence-corrected chi connectivity index (χ3v) is 4.99. The highest BCUT2D eigenvalue weighted by Crippen LogP contribution is 2.19. The first kappa shape index (κ1) is 18.0. The largest absolute Gasteiger partial charge is 0.335 e. The van der Waals surface area contributed by atoms with E-state index < -0.39 is 0 Å². The number of thiophene rings is 1. The lowest BCUT2D eigenvalue weighted by molar-refractivity contribution is 0.0779. The number of nitrogens with one attached hydrogen (secondary N) is 1. The lowest BCUT2D eigenvalue weighted by Crippen LogP contribution is -2.32. The fourth-order valence-electron chi connectivity index (χ4n) is 2.79. The van der Waals surface area contributed by atoms with Gasteiger partial charge in [-0.25, -0.2) is 0 Å². The number of aryl methyl sites for hydroxylation is 1. The maximum atomic E-state index is 12.5. The second kappa shape index (κ2) is 7.95. The number of rotatable bonds is 4. The van der Waals surface area contributed by atoms with Gasteiger partial charge in [0.2, 0.25) is 0 Å². The van der Waals surface area contributed by atoms with E-state index in [0.29, 0.717) is 18.3 Å². The molecule has 0 radical (unpaired) electrons. The molecule has 23 heavy (non-hydrogen) atoms. The summed E-state index contributed by atoms with van der Waals surface area (Å²) in [7, 11) is 1.83. The van der Waals surface area contributed by atoms with Crippen LogP contribution in [0.25, 0.3) is 0 Å². The summed E-state index contributed by atoms with van der Waals surface area (Å²) in [4.78, 5) is 16.7. The first-order valence-electron chi connectivity index (χ1n) is 7.70. The van der Waals surface area contributed by atoms with Crippen LogP contribution >= 0.6 is 23.7 Å². The van der Waals surface area contributed by atoms with Gasteiger partial charge in [0, 0.05) is 29.5 Å². The molecule has 7 heteroatoms. The quantitative estimate of drug-likeness (QED) is 0.918. The number of nitrogens with zero attached hydrogens (tertiary/aromatic N) is 3. The minimum Gasteiger partial charge on any atom is -0.335 e. The average Bonchev–Trinajstić information content (AvgIpc) is 3.17. The first-order valence-corrected chi connectivity index (χ1v) is 8.52. The molecule has 1 N–H and O–H groups in total. The van der Waals surface area contributed by atoms with E-state index in [1.165, 1.54) is 9.75 Å². The van der Waals surface area contributed by atoms with E-state index in [4.69, 9.17) is 0 Å². The number of amides is 1. The molecular weight excluding hydrogens is 332 g/mol. The molecule has 1 fully saturated rings. The van der Waals surface area contributed by atoms with Gasteiger partial charge in [-0.2, -0.15) is 5.10 Å². The van der Waals surface area contributed by atoms with Crippen molar-refractivity contribution >= 4 is 29.7 Å². The molecule has 1 aliphatic rings. The van der Waals surface area contributed by atoms with E-state index >= 15 is 0 Å². The first-order chi connectivity index (χ1) is 10.6. The van der Waals surface area contributed by atoms with Crippen LogP contribution in [0.2, 0.25) is 0 Å². The monoisotopic (exact) mass is 354 g/mol. The maximum Gasteiger partial charge on any atom is 0.274 e. The Labute approximate surface area is 147 Å². The fourth-order valence-corrected chi connectivity index (χ4v) is 3.73. The van der Waals surface area contributed by atoms with Crippen LogP contribution < -0.4 is 5.32 Å². The Bertz CT molecular complexity index is 648. The zero-order valence-corrected chi connectivity index (χ0v) is 15.1. The standard InChI is InChI=1S/C16H22N4OS.ClH/c1-12-5-6-14(22-12)11-19(2)16(21)15-7-9-20(18-15)13-4-3-8-17-10-13;/h5-7,9,13,17H,3-4,8,10-11H2,1-2H3;1H. The topological polar surface area (TPSA) is 50.2 Å². The molecule has 0 saturated carbocycles. The number of carbonyl (C=O) groups excluding carboxylic acids is 1. The van der Waals surface area contributed by atoms with Gasteiger partial charge in [-0.05, 0) is 44.5 Å². The SMILES string of the molecule is Cc1ccc(CN(C)C(=O)c2ccn(C3CCCNC3)n2)s1.Cl. The Morgan fingerprint density at radius 1 is 1.48 bits per heavy atom. The van der Waals surface area contributed by atoms with Gasteiger partial charge < -0.3 is 10.2 Å². The number of hydrogen-bond acceptors (Lipinski definition) is 4. The summed E-state index contributed by atoms with van der Waals surface area (Å²) in [6, 6.07) is 6.35. The smallest absolute Gasteiger partial charge is 0.274 e. The predicted molar refractivity (Wildman–Crippen MR) is 95.5 cm³/mol. The third-order valence-electron chi connectivity index (χ3n) is 4.01. The van der Waals surface area contributed by atoms with E-state index in [2.05, 4.69) is 29.5 Å². The summed E-state index contributed by atoms with van der Waals surface area (Å²) in [5.41, 5.74) is 0.529. The summed E-state index contributed by atoms with van der Waals surface area (Å²) < 4.78 is 1.93. The van der Waals surface area contributed by atoms with Crippen molar-refractivity contribution in [3.05, 3.63) is 39.8 Å². The Hall–Kier alpha value is -1.37. The van der Waals surface area contributed by atoms with Crippen molar-refractivity contribution in [3.63, 3.8) is 0 Å². The normalized spacial score (nSPS) is 17.6. The highest BCUT2D eigenvalue weighted by molar-refractivity contribution is 7.11. The van der Waals surface area contributed by atoms with E-state index in [-0.39, 0.29) is 18.3 Å². The van der Waals surface area contributed by atoms with Crippen LogP contribution in [0.3, 0.4) is 0 Å². The second-order valence-electron chi connectivity index (χ2n) is 5.85. The molecule has 126 valence electrons. The highest BCUT2D eigenvalue weighted by Gasteiger charge is 2.19. The number of carbonyl (C=O) groups is 1. The van der Waals surface area contributed by atoms with Crippen LogP contribution in [0.4, 0.5) is 0 Å². The molecule has 0 bridgehead atoms. The average molecular weight is 355 g/mol. The summed E-state index contributed by atoms with van der Waals surface area (Å²) in [6.07, 6.45) is 4.20. The van der Waals surface area contributed by atoms with Crippen LogP contribution in [-0.4, -0.2) is 40.7 Å². The van der Waals surface area contributed by atoms with Gasteiger partial charge >= 0.3 is 0 Å². The highest BCUT2D eigenvalue weighted by atomic mass is 35.5. The van der Waals surface area contributed by atoms with Gasteiger partial charge in [-0.15, -0.1) is 23.7 Å². The van der Waals surface area contributed by atoms with Gasteiger partial charge in [0.1, 0.15) is 5.69 Å². The summed E-state index contributed by atoms with van der Waals surface area (Å²) in [5.74, 6) is -0.0198. The molecular formula is C16H23ClN4OS. The van der Waals surface area contributed by atoms with E-state index in [1.807, 2.05) is 24.0 Å². The number of halogens is 1. The van der Waals surface area contributed by atoms with E-state index in [1.54, 1.807) is 16.2 Å². The molecule has 1 unspecified atom stereocenters. The second-order valence-corrected chi connectivity index (χ2v) is 7.23. The molecule has 5 nitrogen and oxygen atoms in total. The summed E-state index contributed by atoms with van der Waals surface area (Å²) in [5, 5.41) is 7.87. The van der Waals surface area contributed by atoms with E-state index in [9.17, 15) is 4.79 Å². The van der Waals surface area contributed by atoms with Crippen LogP contribution in [0.1, 0.15) is 39.1 Å². The molecule has 1 aliphatic heterocycles. The van der Waals surface area contributed by atoms with Crippen LogP contribution in [-0.2, 0) is 6.54 Å². The van der Waals surface area contributed by atoms with Gasteiger partial charge in [0.05, 0.1) is 12.6 Å². The van der Waals surface area contributed by atoms with E-state index in [0.717, 1.165) is 25.9 Å². The van der Waals surface area contributed by atoms with Crippen LogP contribution in [0.5, 0.6) is 0 Å². The molecule has 1 amide bonds. The van der Waals surface area contributed by atoms with Crippen molar-refractivity contribution < 1.29 is 4.79 Å². The molecule has 1 saturated heterocycles. The zero-order valence-electron chi connectivity index (χ0n) is 13.5. The third kappa shape index (κ3) is 4.34. The minimum absolute atomic E-state index is 0. The molecule has 3 heterocycles. The number of hydrogen-bond donors (Lipinski definition) is 1. The zero-order chi connectivity index (χ0) is 15.5. The lowest BCUT2D eigenvalue weighted by atomic mass is 10.1. The van der Waals surface area contributed by atoms with Gasteiger partial charge in [0.15, 0.2) is 0 Å². The number of aromatic nitrogens is 2. The van der Waals surface area contributed by atoms with Crippen molar-refractivity contribution in [2.45, 2.75) is 32.4 Å². The van der Waals surface area contributed by atoms with Gasteiger partial charge in [0.25, 0.3) is 5.91 Å². The molecule has 2 aromatic rings. The Balaban J connectivity index is 0.00000192. The van der Waals surface area contributed by atoms with Crippen LogP contribution in [0, 0.1) is 6.92 Å². The molecule has 2 aromatic heterocycles. The van der Waals surface area contributed by atoms with Crippen molar-refractivity contribution in [2.24, 2.45) is 0 Å². The molecule has 0 spiro atoms. The Kier molecular flexibility index (Phi) is 6.21.